The normalized spacial score (nSPS) is 10.0. The smallest absolute Gasteiger partial charge is 0.0995 e. The van der Waals surface area contributed by atoms with Gasteiger partial charge >= 0.3 is 0 Å². The van der Waals surface area contributed by atoms with Gasteiger partial charge in [-0.3, -0.25) is 0 Å². The number of hydrogen-bond acceptors (Lipinski definition) is 2. The van der Waals surface area contributed by atoms with Crippen LogP contribution in [0.4, 0.5) is 0 Å². The van der Waals surface area contributed by atoms with E-state index in [9.17, 15) is 5.11 Å². The Morgan fingerprint density at radius 2 is 2.33 bits per heavy atom. The molecule has 3 N–H and O–H groups in total. The Kier molecular flexibility index (Phi) is 3.02. The van der Waals surface area contributed by atoms with E-state index in [1.807, 2.05) is 0 Å². The zero-order valence-electron chi connectivity index (χ0n) is 3.42. The molecule has 0 fully saturated rings. The Hall–Kier alpha value is -0.120. The van der Waals surface area contributed by atoms with Crippen LogP contribution in [-0.2, 0) is 5.11 Å². The van der Waals surface area contributed by atoms with Crippen LogP contribution < -0.4 is 5.73 Å². The molecule has 0 unspecified atom stereocenters. The molecular weight excluding hydrogens is 82.0 g/mol. The maximum atomic E-state index is 9.58. The lowest BCUT2D eigenvalue weighted by Gasteiger charge is -1.96. The second-order valence-electron chi connectivity index (χ2n) is 1.11. The number of nitrogens with two attached hydrogens (primary N) is 1. The van der Waals surface area contributed by atoms with Crippen molar-refractivity contribution in [2.45, 2.75) is 6.04 Å². The van der Waals surface area contributed by atoms with Gasteiger partial charge in [-0.2, -0.15) is 0 Å². The maximum Gasteiger partial charge on any atom is 0.0995 e. The van der Waals surface area contributed by atoms with Crippen LogP contribution >= 0.6 is 0 Å². The molecule has 0 saturated heterocycles. The average molecular weight is 90.1 g/mol. The van der Waals surface area contributed by atoms with Crippen LogP contribution in [0.5, 0.6) is 0 Å². The summed E-state index contributed by atoms with van der Waals surface area (Å²) in [7, 11) is 0. The van der Waals surface area contributed by atoms with E-state index in [4.69, 9.17) is 10.8 Å². The highest BCUT2D eigenvalue weighted by Crippen LogP contribution is 1.67. The number of aliphatic hydroxyl groups excluding tert-OH is 1. The van der Waals surface area contributed by atoms with Crippen molar-refractivity contribution in [3.63, 3.8) is 0 Å². The molecule has 0 rings (SSSR count). The van der Waals surface area contributed by atoms with Gasteiger partial charge in [-0.1, -0.05) is 0 Å². The fraction of sp³-hybridized carbons (Fsp3) is 1.00. The summed E-state index contributed by atoms with van der Waals surface area (Å²) >= 11 is 0. The molecule has 0 heterocycles. The summed E-state index contributed by atoms with van der Waals surface area (Å²) in [6.45, 7) is -0.597. The minimum atomic E-state index is -0.565. The fourth-order valence-electron chi connectivity index (χ4n) is 0.0527. The van der Waals surface area contributed by atoms with Crippen LogP contribution in [0.25, 0.3) is 0 Å². The van der Waals surface area contributed by atoms with Gasteiger partial charge in [0.05, 0.1) is 19.3 Å². The second kappa shape index (κ2) is 3.08. The molecule has 1 atom stereocenters. The van der Waals surface area contributed by atoms with Crippen molar-refractivity contribution in [2.24, 2.45) is 5.73 Å². The SMILES string of the molecule is N[C@@H](C[O])CO. The first kappa shape index (κ1) is 5.88. The maximum absolute atomic E-state index is 9.58. The first-order valence-electron chi connectivity index (χ1n) is 1.75. The molecule has 0 aromatic heterocycles. The van der Waals surface area contributed by atoms with Crippen LogP contribution in [0.3, 0.4) is 0 Å². The topological polar surface area (TPSA) is 66.2 Å². The predicted octanol–water partition coefficient (Wildman–Crippen LogP) is -1.26. The third-order valence-corrected chi connectivity index (χ3v) is 0.449. The molecule has 3 heteroatoms. The van der Waals surface area contributed by atoms with E-state index in [1.165, 1.54) is 0 Å². The van der Waals surface area contributed by atoms with E-state index in [2.05, 4.69) is 0 Å². The Morgan fingerprint density at radius 3 is 2.33 bits per heavy atom. The standard InChI is InChI=1S/C3H8NO2/c4-3(1-5)2-6/h3,5H,1-2,4H2/t3-/m1/s1. The van der Waals surface area contributed by atoms with Crippen molar-refractivity contribution in [3.8, 4) is 0 Å². The van der Waals surface area contributed by atoms with Gasteiger partial charge in [0.1, 0.15) is 0 Å². The Morgan fingerprint density at radius 1 is 1.83 bits per heavy atom. The third kappa shape index (κ3) is 2.14. The quantitative estimate of drug-likeness (QED) is 0.444. The van der Waals surface area contributed by atoms with E-state index in [0.717, 1.165) is 0 Å². The van der Waals surface area contributed by atoms with Crippen LogP contribution in [-0.4, -0.2) is 24.4 Å². The highest BCUT2D eigenvalue weighted by Gasteiger charge is 1.93. The lowest BCUT2D eigenvalue weighted by molar-refractivity contribution is 0.138. The molecule has 0 amide bonds. The molecule has 3 nitrogen and oxygen atoms in total. The highest BCUT2D eigenvalue weighted by molar-refractivity contribution is 4.52. The predicted molar refractivity (Wildman–Crippen MR) is 20.6 cm³/mol. The fourth-order valence-corrected chi connectivity index (χ4v) is 0.0527. The summed E-state index contributed by atoms with van der Waals surface area (Å²) in [6.07, 6.45) is 0. The van der Waals surface area contributed by atoms with Crippen molar-refractivity contribution < 1.29 is 10.2 Å². The van der Waals surface area contributed by atoms with Gasteiger partial charge in [0.2, 0.25) is 0 Å². The average Bonchev–Trinajstić information content (AvgIpc) is 1.65. The minimum Gasteiger partial charge on any atom is -0.395 e. The summed E-state index contributed by atoms with van der Waals surface area (Å²) in [6, 6.07) is -0.565. The summed E-state index contributed by atoms with van der Waals surface area (Å²) in [4.78, 5) is 0. The zero-order chi connectivity index (χ0) is 4.99. The summed E-state index contributed by atoms with van der Waals surface area (Å²) in [5, 5.41) is 17.6. The zero-order valence-corrected chi connectivity index (χ0v) is 3.42. The lowest BCUT2D eigenvalue weighted by atomic mass is 10.4. The van der Waals surface area contributed by atoms with Gasteiger partial charge in [-0.05, 0) is 0 Å². The molecular formula is C3H8NO2. The van der Waals surface area contributed by atoms with E-state index < -0.39 is 12.6 Å². The largest absolute Gasteiger partial charge is 0.395 e. The highest BCUT2D eigenvalue weighted by atomic mass is 16.3. The summed E-state index contributed by atoms with van der Waals surface area (Å²) in [5.41, 5.74) is 4.91. The molecule has 0 aromatic carbocycles. The number of hydrogen-bond donors (Lipinski definition) is 2. The molecule has 0 saturated carbocycles. The first-order chi connectivity index (χ1) is 2.81. The molecule has 0 aliphatic rings. The Labute approximate surface area is 36.4 Å². The van der Waals surface area contributed by atoms with Gasteiger partial charge in [-0.15, -0.1) is 0 Å². The van der Waals surface area contributed by atoms with Gasteiger partial charge in [0.25, 0.3) is 0 Å². The van der Waals surface area contributed by atoms with Gasteiger partial charge in [0, 0.05) is 0 Å². The first-order valence-corrected chi connectivity index (χ1v) is 1.75. The van der Waals surface area contributed by atoms with Crippen LogP contribution in [0.2, 0.25) is 0 Å². The monoisotopic (exact) mass is 90.1 g/mol. The second-order valence-corrected chi connectivity index (χ2v) is 1.11. The minimum absolute atomic E-state index is 0.205. The number of aliphatic hydroxyl groups is 1. The lowest BCUT2D eigenvalue weighted by Crippen LogP contribution is -2.27. The molecule has 37 valence electrons. The van der Waals surface area contributed by atoms with Crippen molar-refractivity contribution >= 4 is 0 Å². The van der Waals surface area contributed by atoms with Crippen LogP contribution in [0.1, 0.15) is 0 Å². The summed E-state index contributed by atoms with van der Waals surface area (Å²) in [5.74, 6) is 0. The molecule has 0 bridgehead atoms. The molecule has 0 spiro atoms. The Balaban J connectivity index is 2.75. The van der Waals surface area contributed by atoms with E-state index in [-0.39, 0.29) is 6.61 Å². The van der Waals surface area contributed by atoms with Crippen molar-refractivity contribution in [3.05, 3.63) is 0 Å². The Bertz CT molecular complexity index is 28.0. The number of rotatable bonds is 2. The van der Waals surface area contributed by atoms with E-state index in [1.54, 1.807) is 0 Å². The van der Waals surface area contributed by atoms with E-state index >= 15 is 0 Å². The van der Waals surface area contributed by atoms with Gasteiger partial charge in [0.15, 0.2) is 0 Å². The van der Waals surface area contributed by atoms with Crippen molar-refractivity contribution in [1.29, 1.82) is 0 Å². The summed E-state index contributed by atoms with van der Waals surface area (Å²) < 4.78 is 0. The van der Waals surface area contributed by atoms with Gasteiger partial charge < -0.3 is 10.8 Å². The molecule has 0 aromatic rings. The molecule has 1 radical (unpaired) electrons. The van der Waals surface area contributed by atoms with Gasteiger partial charge in [-0.25, -0.2) is 5.11 Å². The molecule has 6 heavy (non-hydrogen) atoms. The van der Waals surface area contributed by atoms with E-state index in [0.29, 0.717) is 0 Å². The molecule has 0 aliphatic carbocycles. The van der Waals surface area contributed by atoms with Crippen molar-refractivity contribution in [1.82, 2.24) is 0 Å². The third-order valence-electron chi connectivity index (χ3n) is 0.449. The molecule has 0 aliphatic heterocycles. The van der Waals surface area contributed by atoms with Crippen LogP contribution in [0.15, 0.2) is 0 Å². The van der Waals surface area contributed by atoms with Crippen molar-refractivity contribution in [2.75, 3.05) is 13.2 Å². The van der Waals surface area contributed by atoms with Crippen LogP contribution in [0, 0.1) is 0 Å².